The van der Waals surface area contributed by atoms with Crippen LogP contribution >= 0.6 is 0 Å². The van der Waals surface area contributed by atoms with Gasteiger partial charge in [-0.15, -0.1) is 0 Å². The summed E-state index contributed by atoms with van der Waals surface area (Å²) in [6, 6.07) is 6.09. The number of hydrogen-bond acceptors (Lipinski definition) is 4. The number of phenols is 1. The van der Waals surface area contributed by atoms with E-state index in [-0.39, 0.29) is 12.2 Å². The molecule has 0 radical (unpaired) electrons. The van der Waals surface area contributed by atoms with E-state index in [1.807, 2.05) is 6.07 Å². The predicted octanol–water partition coefficient (Wildman–Crippen LogP) is 0.888. The molecule has 68 valence electrons. The van der Waals surface area contributed by atoms with Crippen molar-refractivity contribution in [1.82, 2.24) is 0 Å². The highest BCUT2D eigenvalue weighted by Gasteiger charge is 2.10. The number of benzene rings is 1. The summed E-state index contributed by atoms with van der Waals surface area (Å²) in [5.74, 6) is 0.0805. The van der Waals surface area contributed by atoms with Crippen LogP contribution in [-0.4, -0.2) is 5.11 Å². The second kappa shape index (κ2) is 3.78. The third kappa shape index (κ3) is 2.10. The Morgan fingerprint density at radius 3 is 2.85 bits per heavy atom. The van der Waals surface area contributed by atoms with Gasteiger partial charge in [0.15, 0.2) is 0 Å². The van der Waals surface area contributed by atoms with E-state index in [0.29, 0.717) is 11.3 Å². The molecule has 0 saturated carbocycles. The van der Waals surface area contributed by atoms with E-state index < -0.39 is 6.04 Å². The number of nitriles is 1. The maximum Gasteiger partial charge on any atom is 0.120 e. The number of phenolic OH excluding ortho intramolecular Hbond substituents is 1. The van der Waals surface area contributed by atoms with Crippen molar-refractivity contribution in [3.8, 4) is 11.8 Å². The van der Waals surface area contributed by atoms with Crippen LogP contribution in [0, 0.1) is 11.3 Å². The number of aromatic hydroxyl groups is 1. The van der Waals surface area contributed by atoms with Crippen molar-refractivity contribution in [1.29, 1.82) is 5.26 Å². The molecule has 4 nitrogen and oxygen atoms in total. The van der Waals surface area contributed by atoms with Gasteiger partial charge in [0.1, 0.15) is 5.75 Å². The van der Waals surface area contributed by atoms with Gasteiger partial charge in [0.2, 0.25) is 0 Å². The van der Waals surface area contributed by atoms with Gasteiger partial charge in [-0.1, -0.05) is 0 Å². The summed E-state index contributed by atoms with van der Waals surface area (Å²) < 4.78 is 0. The molecule has 0 aliphatic heterocycles. The molecule has 1 rings (SSSR count). The third-order valence-corrected chi connectivity index (χ3v) is 1.76. The molecule has 1 aromatic carbocycles. The van der Waals surface area contributed by atoms with E-state index in [4.69, 9.17) is 16.7 Å². The van der Waals surface area contributed by atoms with Gasteiger partial charge in [-0.25, -0.2) is 0 Å². The summed E-state index contributed by atoms with van der Waals surface area (Å²) in [5.41, 5.74) is 12.2. The van der Waals surface area contributed by atoms with Gasteiger partial charge < -0.3 is 16.6 Å². The Balaban J connectivity index is 3.00. The zero-order valence-corrected chi connectivity index (χ0v) is 7.07. The van der Waals surface area contributed by atoms with Gasteiger partial charge in [-0.3, -0.25) is 0 Å². The van der Waals surface area contributed by atoms with Crippen LogP contribution in [0.5, 0.6) is 5.75 Å². The Labute approximate surface area is 76.4 Å². The average Bonchev–Trinajstić information content (AvgIpc) is 2.09. The Morgan fingerprint density at radius 2 is 2.23 bits per heavy atom. The molecule has 0 amide bonds. The monoisotopic (exact) mass is 177 g/mol. The van der Waals surface area contributed by atoms with Crippen LogP contribution in [0.3, 0.4) is 0 Å². The molecule has 0 saturated heterocycles. The highest BCUT2D eigenvalue weighted by Crippen LogP contribution is 2.26. The maximum absolute atomic E-state index is 9.39. The van der Waals surface area contributed by atoms with E-state index in [0.717, 1.165) is 0 Å². The molecule has 0 aliphatic rings. The first kappa shape index (κ1) is 9.36. The van der Waals surface area contributed by atoms with E-state index >= 15 is 0 Å². The second-order valence-electron chi connectivity index (χ2n) is 2.79. The fraction of sp³-hybridized carbons (Fsp3) is 0.222. The van der Waals surface area contributed by atoms with Crippen molar-refractivity contribution in [3.63, 3.8) is 0 Å². The fourth-order valence-corrected chi connectivity index (χ4v) is 1.08. The van der Waals surface area contributed by atoms with Crippen molar-refractivity contribution in [3.05, 3.63) is 23.8 Å². The van der Waals surface area contributed by atoms with E-state index in [2.05, 4.69) is 0 Å². The van der Waals surface area contributed by atoms with Crippen molar-refractivity contribution in [2.75, 3.05) is 5.73 Å². The van der Waals surface area contributed by atoms with Crippen LogP contribution < -0.4 is 11.5 Å². The molecule has 0 spiro atoms. The summed E-state index contributed by atoms with van der Waals surface area (Å²) >= 11 is 0. The molecule has 1 aromatic rings. The van der Waals surface area contributed by atoms with Gasteiger partial charge >= 0.3 is 0 Å². The number of rotatable bonds is 2. The lowest BCUT2D eigenvalue weighted by Crippen LogP contribution is -2.09. The SMILES string of the molecule is N#CC[C@H](N)c1cc(N)ccc1O. The van der Waals surface area contributed by atoms with Gasteiger partial charge in [-0.05, 0) is 18.2 Å². The minimum absolute atomic E-state index is 0.0805. The fourth-order valence-electron chi connectivity index (χ4n) is 1.08. The lowest BCUT2D eigenvalue weighted by molar-refractivity contribution is 0.462. The minimum atomic E-state index is -0.478. The summed E-state index contributed by atoms with van der Waals surface area (Å²) in [5, 5.41) is 17.8. The average molecular weight is 177 g/mol. The molecule has 0 aromatic heterocycles. The Morgan fingerprint density at radius 1 is 1.54 bits per heavy atom. The quantitative estimate of drug-likeness (QED) is 0.461. The third-order valence-electron chi connectivity index (χ3n) is 1.76. The predicted molar refractivity (Wildman–Crippen MR) is 49.7 cm³/mol. The summed E-state index contributed by atoms with van der Waals surface area (Å²) in [7, 11) is 0. The molecule has 0 bridgehead atoms. The molecule has 0 heterocycles. The Kier molecular flexibility index (Phi) is 2.72. The highest BCUT2D eigenvalue weighted by molar-refractivity contribution is 5.48. The topological polar surface area (TPSA) is 96.1 Å². The van der Waals surface area contributed by atoms with E-state index in [1.165, 1.54) is 6.07 Å². The maximum atomic E-state index is 9.39. The number of nitrogens with two attached hydrogens (primary N) is 2. The minimum Gasteiger partial charge on any atom is -0.508 e. The van der Waals surface area contributed by atoms with E-state index in [1.54, 1.807) is 12.1 Å². The molecule has 13 heavy (non-hydrogen) atoms. The first-order valence-corrected chi connectivity index (χ1v) is 3.86. The second-order valence-corrected chi connectivity index (χ2v) is 2.79. The van der Waals surface area contributed by atoms with Crippen LogP contribution in [0.4, 0.5) is 5.69 Å². The first-order valence-electron chi connectivity index (χ1n) is 3.86. The van der Waals surface area contributed by atoms with Crippen LogP contribution in [0.25, 0.3) is 0 Å². The molecule has 0 fully saturated rings. The van der Waals surface area contributed by atoms with Crippen molar-refractivity contribution in [2.45, 2.75) is 12.5 Å². The first-order chi connectivity index (χ1) is 6.15. The summed E-state index contributed by atoms with van der Waals surface area (Å²) in [6.07, 6.45) is 0.164. The normalized spacial score (nSPS) is 12.0. The highest BCUT2D eigenvalue weighted by atomic mass is 16.3. The molecule has 1 atom stereocenters. The summed E-state index contributed by atoms with van der Waals surface area (Å²) in [4.78, 5) is 0. The summed E-state index contributed by atoms with van der Waals surface area (Å²) in [6.45, 7) is 0. The lowest BCUT2D eigenvalue weighted by Gasteiger charge is -2.10. The van der Waals surface area contributed by atoms with Crippen LogP contribution in [0.2, 0.25) is 0 Å². The molecule has 5 N–H and O–H groups in total. The number of nitrogens with zero attached hydrogens (tertiary/aromatic N) is 1. The van der Waals surface area contributed by atoms with Gasteiger partial charge in [0, 0.05) is 17.3 Å². The molecular formula is C9H11N3O. The Bertz CT molecular complexity index is 343. The standard InChI is InChI=1S/C9H11N3O/c10-4-3-8(12)7-5-6(11)1-2-9(7)13/h1-2,5,8,13H,3,11-12H2/t8-/m0/s1. The molecular weight excluding hydrogens is 166 g/mol. The van der Waals surface area contributed by atoms with Crippen molar-refractivity contribution < 1.29 is 5.11 Å². The number of hydrogen-bond donors (Lipinski definition) is 3. The van der Waals surface area contributed by atoms with Crippen molar-refractivity contribution >= 4 is 5.69 Å². The van der Waals surface area contributed by atoms with Crippen LogP contribution in [0.1, 0.15) is 18.0 Å². The van der Waals surface area contributed by atoms with Crippen LogP contribution in [-0.2, 0) is 0 Å². The smallest absolute Gasteiger partial charge is 0.120 e. The van der Waals surface area contributed by atoms with Crippen LogP contribution in [0.15, 0.2) is 18.2 Å². The molecule has 4 heteroatoms. The number of anilines is 1. The molecule has 0 unspecified atom stereocenters. The zero-order chi connectivity index (χ0) is 9.84. The van der Waals surface area contributed by atoms with Crippen molar-refractivity contribution in [2.24, 2.45) is 5.73 Å². The van der Waals surface area contributed by atoms with Gasteiger partial charge in [-0.2, -0.15) is 5.26 Å². The number of nitrogen functional groups attached to an aromatic ring is 1. The Hall–Kier alpha value is -1.73. The largest absolute Gasteiger partial charge is 0.508 e. The van der Waals surface area contributed by atoms with Gasteiger partial charge in [0.05, 0.1) is 12.5 Å². The zero-order valence-electron chi connectivity index (χ0n) is 7.07. The molecule has 0 aliphatic carbocycles. The van der Waals surface area contributed by atoms with Gasteiger partial charge in [0.25, 0.3) is 0 Å². The van der Waals surface area contributed by atoms with E-state index in [9.17, 15) is 5.11 Å². The lowest BCUT2D eigenvalue weighted by atomic mass is 10.0.